The Morgan fingerprint density at radius 2 is 1.90 bits per heavy atom. The van der Waals surface area contributed by atoms with Gasteiger partial charge in [-0.05, 0) is 63.0 Å². The summed E-state index contributed by atoms with van der Waals surface area (Å²) in [6.07, 6.45) is 5.17. The van der Waals surface area contributed by atoms with Gasteiger partial charge in [-0.1, -0.05) is 6.42 Å². The van der Waals surface area contributed by atoms with Crippen molar-refractivity contribution < 1.29 is 9.59 Å². The maximum atomic E-state index is 12.1. The van der Waals surface area contributed by atoms with Gasteiger partial charge in [-0.2, -0.15) is 0 Å². The van der Waals surface area contributed by atoms with E-state index in [9.17, 15) is 9.59 Å². The van der Waals surface area contributed by atoms with Crippen LogP contribution in [0, 0.1) is 13.8 Å². The first-order valence-corrected chi connectivity index (χ1v) is 7.69. The molecule has 4 nitrogen and oxygen atoms in total. The van der Waals surface area contributed by atoms with E-state index in [0.717, 1.165) is 42.7 Å². The number of benzene rings is 1. The summed E-state index contributed by atoms with van der Waals surface area (Å²) in [5, 5.41) is 2.96. The lowest BCUT2D eigenvalue weighted by Crippen LogP contribution is -2.32. The quantitative estimate of drug-likeness (QED) is 0.848. The standard InChI is InChI=1S/C17H24N2O2/c1-13-11-16(14(2)10-15(13)12-20)18-17(21)6-9-19-7-4-3-5-8-19/h10-12H,3-9H2,1-2H3,(H,18,21). The molecule has 0 spiro atoms. The molecule has 0 bridgehead atoms. The molecule has 1 saturated heterocycles. The molecule has 1 fully saturated rings. The van der Waals surface area contributed by atoms with Gasteiger partial charge in [0.25, 0.3) is 0 Å². The van der Waals surface area contributed by atoms with Gasteiger partial charge < -0.3 is 10.2 Å². The van der Waals surface area contributed by atoms with E-state index in [1.807, 2.05) is 26.0 Å². The second kappa shape index (κ2) is 7.36. The van der Waals surface area contributed by atoms with Crippen LogP contribution in [0.4, 0.5) is 5.69 Å². The molecule has 0 aliphatic carbocycles. The molecular weight excluding hydrogens is 264 g/mol. The van der Waals surface area contributed by atoms with Crippen LogP contribution >= 0.6 is 0 Å². The van der Waals surface area contributed by atoms with Crippen LogP contribution in [0.1, 0.15) is 47.2 Å². The van der Waals surface area contributed by atoms with Crippen LogP contribution in [0.5, 0.6) is 0 Å². The van der Waals surface area contributed by atoms with E-state index in [1.54, 1.807) is 0 Å². The van der Waals surface area contributed by atoms with Crippen LogP contribution in [-0.2, 0) is 4.79 Å². The van der Waals surface area contributed by atoms with Gasteiger partial charge in [-0.3, -0.25) is 9.59 Å². The average Bonchev–Trinajstić information content (AvgIpc) is 2.49. The minimum atomic E-state index is 0.0435. The summed E-state index contributed by atoms with van der Waals surface area (Å²) in [6.45, 7) is 6.84. The molecule has 1 aromatic carbocycles. The highest BCUT2D eigenvalue weighted by Gasteiger charge is 2.12. The van der Waals surface area contributed by atoms with E-state index in [4.69, 9.17) is 0 Å². The third kappa shape index (κ3) is 4.39. The van der Waals surface area contributed by atoms with Crippen molar-refractivity contribution in [3.63, 3.8) is 0 Å². The molecule has 1 aromatic rings. The van der Waals surface area contributed by atoms with Gasteiger partial charge in [0.15, 0.2) is 0 Å². The number of piperidine rings is 1. The summed E-state index contributed by atoms with van der Waals surface area (Å²) in [5.74, 6) is 0.0435. The summed E-state index contributed by atoms with van der Waals surface area (Å²) in [4.78, 5) is 25.3. The molecule has 0 aromatic heterocycles. The number of hydrogen-bond acceptors (Lipinski definition) is 3. The number of nitrogens with zero attached hydrogens (tertiary/aromatic N) is 1. The second-order valence-corrected chi connectivity index (χ2v) is 5.84. The largest absolute Gasteiger partial charge is 0.326 e. The first-order valence-electron chi connectivity index (χ1n) is 7.69. The molecule has 1 N–H and O–H groups in total. The molecule has 0 saturated carbocycles. The Hall–Kier alpha value is -1.68. The lowest BCUT2D eigenvalue weighted by atomic mass is 10.0. The van der Waals surface area contributed by atoms with Gasteiger partial charge in [0.2, 0.25) is 5.91 Å². The van der Waals surface area contributed by atoms with Crippen molar-refractivity contribution in [3.05, 3.63) is 28.8 Å². The SMILES string of the molecule is Cc1cc(NC(=O)CCN2CCCCC2)c(C)cc1C=O. The van der Waals surface area contributed by atoms with Crippen LogP contribution in [0.15, 0.2) is 12.1 Å². The fourth-order valence-corrected chi connectivity index (χ4v) is 2.76. The fraction of sp³-hybridized carbons (Fsp3) is 0.529. The summed E-state index contributed by atoms with van der Waals surface area (Å²) in [6, 6.07) is 3.69. The van der Waals surface area contributed by atoms with Crippen LogP contribution in [0.25, 0.3) is 0 Å². The van der Waals surface area contributed by atoms with E-state index in [2.05, 4.69) is 10.2 Å². The normalized spacial score (nSPS) is 15.7. The zero-order valence-corrected chi connectivity index (χ0v) is 12.9. The summed E-state index contributed by atoms with van der Waals surface area (Å²) >= 11 is 0. The molecule has 2 rings (SSSR count). The highest BCUT2D eigenvalue weighted by molar-refractivity contribution is 5.92. The molecule has 21 heavy (non-hydrogen) atoms. The van der Waals surface area contributed by atoms with Crippen molar-refractivity contribution in [2.45, 2.75) is 39.5 Å². The predicted octanol–water partition coefficient (Wildman–Crippen LogP) is 2.93. The number of amides is 1. The van der Waals surface area contributed by atoms with Gasteiger partial charge >= 0.3 is 0 Å². The van der Waals surface area contributed by atoms with Gasteiger partial charge in [0, 0.05) is 24.2 Å². The maximum Gasteiger partial charge on any atom is 0.225 e. The lowest BCUT2D eigenvalue weighted by molar-refractivity contribution is -0.116. The highest BCUT2D eigenvalue weighted by atomic mass is 16.1. The highest BCUT2D eigenvalue weighted by Crippen LogP contribution is 2.20. The minimum Gasteiger partial charge on any atom is -0.326 e. The number of likely N-dealkylation sites (tertiary alicyclic amines) is 1. The molecule has 1 aliphatic heterocycles. The molecule has 0 unspecified atom stereocenters. The van der Waals surface area contributed by atoms with Crippen molar-refractivity contribution in [3.8, 4) is 0 Å². The Morgan fingerprint density at radius 1 is 1.19 bits per heavy atom. The van der Waals surface area contributed by atoms with E-state index in [-0.39, 0.29) is 5.91 Å². The van der Waals surface area contributed by atoms with Gasteiger partial charge in [0.05, 0.1) is 0 Å². The fourth-order valence-electron chi connectivity index (χ4n) is 2.76. The van der Waals surface area contributed by atoms with E-state index >= 15 is 0 Å². The number of nitrogens with one attached hydrogen (secondary N) is 1. The van der Waals surface area contributed by atoms with Crippen LogP contribution in [0.2, 0.25) is 0 Å². The van der Waals surface area contributed by atoms with E-state index in [1.165, 1.54) is 19.3 Å². The number of aldehydes is 1. The maximum absolute atomic E-state index is 12.1. The Balaban J connectivity index is 1.90. The third-order valence-electron chi connectivity index (χ3n) is 4.12. The first kappa shape index (κ1) is 15.7. The topological polar surface area (TPSA) is 49.4 Å². The lowest BCUT2D eigenvalue weighted by Gasteiger charge is -2.26. The Morgan fingerprint density at radius 3 is 2.57 bits per heavy atom. The Kier molecular flexibility index (Phi) is 5.51. The van der Waals surface area contributed by atoms with E-state index in [0.29, 0.717) is 12.0 Å². The zero-order chi connectivity index (χ0) is 15.2. The smallest absolute Gasteiger partial charge is 0.225 e. The van der Waals surface area contributed by atoms with Gasteiger partial charge in [-0.15, -0.1) is 0 Å². The average molecular weight is 288 g/mol. The number of hydrogen-bond donors (Lipinski definition) is 1. The molecule has 114 valence electrons. The van der Waals surface area contributed by atoms with Gasteiger partial charge in [-0.25, -0.2) is 0 Å². The molecule has 1 amide bonds. The Bertz CT molecular complexity index is 520. The van der Waals surface area contributed by atoms with Crippen molar-refractivity contribution in [1.82, 2.24) is 4.90 Å². The Labute approximate surface area is 126 Å². The van der Waals surface area contributed by atoms with Crippen LogP contribution in [0.3, 0.4) is 0 Å². The minimum absolute atomic E-state index is 0.0435. The predicted molar refractivity (Wildman–Crippen MR) is 84.8 cm³/mol. The monoisotopic (exact) mass is 288 g/mol. The van der Waals surface area contributed by atoms with Crippen molar-refractivity contribution in [1.29, 1.82) is 0 Å². The second-order valence-electron chi connectivity index (χ2n) is 5.84. The number of rotatable bonds is 5. The molecular formula is C17H24N2O2. The van der Waals surface area contributed by atoms with Crippen LogP contribution in [-0.4, -0.2) is 36.7 Å². The molecule has 1 aliphatic rings. The molecule has 0 radical (unpaired) electrons. The summed E-state index contributed by atoms with van der Waals surface area (Å²) in [5.41, 5.74) is 3.30. The first-order chi connectivity index (χ1) is 10.1. The summed E-state index contributed by atoms with van der Waals surface area (Å²) in [7, 11) is 0. The zero-order valence-electron chi connectivity index (χ0n) is 12.9. The van der Waals surface area contributed by atoms with Gasteiger partial charge in [0.1, 0.15) is 6.29 Å². The molecule has 4 heteroatoms. The number of aryl methyl sites for hydroxylation is 2. The van der Waals surface area contributed by atoms with Crippen LogP contribution < -0.4 is 5.32 Å². The molecule has 1 heterocycles. The van der Waals surface area contributed by atoms with Crippen molar-refractivity contribution >= 4 is 17.9 Å². The number of anilines is 1. The number of carbonyl (C=O) groups excluding carboxylic acids is 2. The third-order valence-corrected chi connectivity index (χ3v) is 4.12. The van der Waals surface area contributed by atoms with E-state index < -0.39 is 0 Å². The number of carbonyl (C=O) groups is 2. The van der Waals surface area contributed by atoms with Crippen molar-refractivity contribution in [2.24, 2.45) is 0 Å². The van der Waals surface area contributed by atoms with Crippen molar-refractivity contribution in [2.75, 3.05) is 25.0 Å². The molecule has 0 atom stereocenters. The summed E-state index contributed by atoms with van der Waals surface area (Å²) < 4.78 is 0.